The van der Waals surface area contributed by atoms with Gasteiger partial charge in [-0.3, -0.25) is 14.5 Å². The molecule has 1 N–H and O–H groups in total. The second-order valence-electron chi connectivity index (χ2n) is 6.83. The molecule has 2 heterocycles. The van der Waals surface area contributed by atoms with Gasteiger partial charge < -0.3 is 14.6 Å². The normalized spacial score (nSPS) is 15.2. The minimum Gasteiger partial charge on any atom is -0.443 e. The number of amides is 2. The number of aromatic nitrogens is 1. The molecule has 2 amide bonds. The predicted molar refractivity (Wildman–Crippen MR) is 103 cm³/mol. The van der Waals surface area contributed by atoms with Crippen LogP contribution in [0.5, 0.6) is 0 Å². The molecule has 2 aromatic rings. The Labute approximate surface area is 163 Å². The maximum Gasteiger partial charge on any atom is 0.276 e. The molecule has 0 bridgehead atoms. The number of nitrogens with one attached hydrogen (secondary N) is 1. The van der Waals surface area contributed by atoms with E-state index in [4.69, 9.17) is 16.0 Å². The highest BCUT2D eigenvalue weighted by molar-refractivity contribution is 6.30. The summed E-state index contributed by atoms with van der Waals surface area (Å²) >= 11 is 6.04. The van der Waals surface area contributed by atoms with Gasteiger partial charge in [0.1, 0.15) is 0 Å². The highest BCUT2D eigenvalue weighted by Crippen LogP contribution is 2.26. The Morgan fingerprint density at radius 3 is 2.67 bits per heavy atom. The third-order valence-corrected chi connectivity index (χ3v) is 4.57. The van der Waals surface area contributed by atoms with E-state index in [1.165, 1.54) is 6.39 Å². The number of piperazine rings is 1. The van der Waals surface area contributed by atoms with Crippen LogP contribution in [0, 0.1) is 0 Å². The Balaban J connectivity index is 1.62. The van der Waals surface area contributed by atoms with E-state index in [0.29, 0.717) is 49.1 Å². The molecule has 0 atom stereocenters. The largest absolute Gasteiger partial charge is 0.443 e. The monoisotopic (exact) mass is 390 g/mol. The smallest absolute Gasteiger partial charge is 0.276 e. The van der Waals surface area contributed by atoms with Crippen molar-refractivity contribution in [2.45, 2.75) is 19.9 Å². The van der Waals surface area contributed by atoms with Crippen LogP contribution in [0.25, 0.3) is 11.3 Å². The maximum absolute atomic E-state index is 12.9. The minimum atomic E-state index is -0.176. The molecule has 0 unspecified atom stereocenters. The van der Waals surface area contributed by atoms with E-state index < -0.39 is 0 Å². The minimum absolute atomic E-state index is 0.00419. The fourth-order valence-electron chi connectivity index (χ4n) is 3.06. The summed E-state index contributed by atoms with van der Waals surface area (Å²) < 4.78 is 5.45. The number of carbonyl (C=O) groups excluding carboxylic acids is 2. The molecule has 1 fully saturated rings. The van der Waals surface area contributed by atoms with Gasteiger partial charge in [-0.05, 0) is 26.0 Å². The van der Waals surface area contributed by atoms with Crippen LogP contribution in [0.1, 0.15) is 24.3 Å². The van der Waals surface area contributed by atoms with Crippen molar-refractivity contribution >= 4 is 23.4 Å². The highest BCUT2D eigenvalue weighted by Gasteiger charge is 2.27. The molecular weight excluding hydrogens is 368 g/mol. The molecule has 7 nitrogen and oxygen atoms in total. The standard InChI is InChI=1S/C19H23ClN4O3/c1-13(2)22-16(25)11-23-6-8-24(9-7-23)19(26)17-18(27-12-21-17)14-4-3-5-15(20)10-14/h3-5,10,12-13H,6-9,11H2,1-2H3,(H,22,25). The van der Waals surface area contributed by atoms with Crippen molar-refractivity contribution in [3.63, 3.8) is 0 Å². The number of halogens is 1. The first-order valence-electron chi connectivity index (χ1n) is 8.94. The summed E-state index contributed by atoms with van der Waals surface area (Å²) in [6, 6.07) is 7.25. The Kier molecular flexibility index (Phi) is 6.13. The number of nitrogens with zero attached hydrogens (tertiary/aromatic N) is 3. The lowest BCUT2D eigenvalue weighted by atomic mass is 10.1. The van der Waals surface area contributed by atoms with Gasteiger partial charge in [0.15, 0.2) is 17.8 Å². The van der Waals surface area contributed by atoms with Crippen LogP contribution in [0.4, 0.5) is 0 Å². The van der Waals surface area contributed by atoms with Gasteiger partial charge in [0.2, 0.25) is 5.91 Å². The van der Waals surface area contributed by atoms with Crippen molar-refractivity contribution in [2.75, 3.05) is 32.7 Å². The van der Waals surface area contributed by atoms with Crippen molar-refractivity contribution in [2.24, 2.45) is 0 Å². The summed E-state index contributed by atoms with van der Waals surface area (Å²) in [5, 5.41) is 3.45. The Morgan fingerprint density at radius 1 is 1.26 bits per heavy atom. The molecule has 1 saturated heterocycles. The van der Waals surface area contributed by atoms with Crippen molar-refractivity contribution in [3.05, 3.63) is 41.4 Å². The van der Waals surface area contributed by atoms with Gasteiger partial charge in [0, 0.05) is 42.8 Å². The summed E-state index contributed by atoms with van der Waals surface area (Å²) in [6.45, 7) is 6.57. The Morgan fingerprint density at radius 2 is 2.00 bits per heavy atom. The first-order valence-corrected chi connectivity index (χ1v) is 9.32. The van der Waals surface area contributed by atoms with Crippen LogP contribution in [0.3, 0.4) is 0 Å². The molecule has 1 aromatic carbocycles. The Bertz CT molecular complexity index is 813. The van der Waals surface area contributed by atoms with Gasteiger partial charge in [-0.25, -0.2) is 4.98 Å². The maximum atomic E-state index is 12.9. The van der Waals surface area contributed by atoms with Crippen LogP contribution in [-0.2, 0) is 4.79 Å². The molecule has 1 aliphatic rings. The van der Waals surface area contributed by atoms with E-state index in [2.05, 4.69) is 10.3 Å². The van der Waals surface area contributed by atoms with Gasteiger partial charge in [0.05, 0.1) is 6.54 Å². The van der Waals surface area contributed by atoms with E-state index in [0.717, 1.165) is 0 Å². The quantitative estimate of drug-likeness (QED) is 0.847. The highest BCUT2D eigenvalue weighted by atomic mass is 35.5. The lowest BCUT2D eigenvalue weighted by molar-refractivity contribution is -0.123. The number of oxazole rings is 1. The molecule has 144 valence electrons. The number of carbonyl (C=O) groups is 2. The van der Waals surface area contributed by atoms with Gasteiger partial charge in [-0.2, -0.15) is 0 Å². The molecule has 0 radical (unpaired) electrons. The Hall–Kier alpha value is -2.38. The molecule has 27 heavy (non-hydrogen) atoms. The molecule has 1 aromatic heterocycles. The van der Waals surface area contributed by atoms with E-state index in [-0.39, 0.29) is 23.6 Å². The van der Waals surface area contributed by atoms with E-state index in [9.17, 15) is 9.59 Å². The van der Waals surface area contributed by atoms with Crippen molar-refractivity contribution < 1.29 is 14.0 Å². The SMILES string of the molecule is CC(C)NC(=O)CN1CCN(C(=O)c2ncoc2-c2cccc(Cl)c2)CC1. The van der Waals surface area contributed by atoms with Crippen molar-refractivity contribution in [1.29, 1.82) is 0 Å². The zero-order chi connectivity index (χ0) is 19.4. The first kappa shape index (κ1) is 19.4. The lowest BCUT2D eigenvalue weighted by Crippen LogP contribution is -2.51. The molecule has 0 spiro atoms. The van der Waals surface area contributed by atoms with E-state index in [1.807, 2.05) is 24.8 Å². The summed E-state index contributed by atoms with van der Waals surface area (Å²) in [4.78, 5) is 32.7. The van der Waals surface area contributed by atoms with Crippen molar-refractivity contribution in [3.8, 4) is 11.3 Å². The molecule has 0 saturated carbocycles. The lowest BCUT2D eigenvalue weighted by Gasteiger charge is -2.34. The first-order chi connectivity index (χ1) is 12.9. The zero-order valence-corrected chi connectivity index (χ0v) is 16.2. The molecule has 0 aliphatic carbocycles. The van der Waals surface area contributed by atoms with Gasteiger partial charge in [0.25, 0.3) is 5.91 Å². The third-order valence-electron chi connectivity index (χ3n) is 4.33. The van der Waals surface area contributed by atoms with Crippen LogP contribution >= 0.6 is 11.6 Å². The van der Waals surface area contributed by atoms with Gasteiger partial charge >= 0.3 is 0 Å². The summed E-state index contributed by atoms with van der Waals surface area (Å²) in [7, 11) is 0. The molecule has 3 rings (SSSR count). The van der Waals surface area contributed by atoms with Crippen LogP contribution in [-0.4, -0.2) is 65.4 Å². The summed E-state index contributed by atoms with van der Waals surface area (Å²) in [6.07, 6.45) is 1.27. The second kappa shape index (κ2) is 8.54. The molecule has 8 heteroatoms. The number of benzene rings is 1. The summed E-state index contributed by atoms with van der Waals surface area (Å²) in [5.41, 5.74) is 0.996. The van der Waals surface area contributed by atoms with Crippen molar-refractivity contribution in [1.82, 2.24) is 20.1 Å². The number of hydrogen-bond donors (Lipinski definition) is 1. The molecular formula is C19H23ClN4O3. The average molecular weight is 391 g/mol. The van der Waals surface area contributed by atoms with E-state index in [1.54, 1.807) is 23.1 Å². The second-order valence-corrected chi connectivity index (χ2v) is 7.27. The van der Waals surface area contributed by atoms with Gasteiger partial charge in [-0.1, -0.05) is 23.7 Å². The molecule has 1 aliphatic heterocycles. The average Bonchev–Trinajstić information content (AvgIpc) is 3.11. The third kappa shape index (κ3) is 4.87. The number of hydrogen-bond acceptors (Lipinski definition) is 5. The fraction of sp³-hybridized carbons (Fsp3) is 0.421. The van der Waals surface area contributed by atoms with Crippen LogP contribution in [0.2, 0.25) is 5.02 Å². The zero-order valence-electron chi connectivity index (χ0n) is 15.4. The van der Waals surface area contributed by atoms with Gasteiger partial charge in [-0.15, -0.1) is 0 Å². The fourth-order valence-corrected chi connectivity index (χ4v) is 3.25. The van der Waals surface area contributed by atoms with Crippen LogP contribution in [0.15, 0.2) is 35.1 Å². The summed E-state index contributed by atoms with van der Waals surface area (Å²) in [5.74, 6) is 0.246. The van der Waals surface area contributed by atoms with Crippen LogP contribution < -0.4 is 5.32 Å². The topological polar surface area (TPSA) is 78.7 Å². The predicted octanol–water partition coefficient (Wildman–Crippen LogP) is 2.28. The number of rotatable bonds is 5. The van der Waals surface area contributed by atoms with E-state index >= 15 is 0 Å².